The van der Waals surface area contributed by atoms with E-state index in [1.165, 1.54) is 17.3 Å². The van der Waals surface area contributed by atoms with Gasteiger partial charge in [-0.05, 0) is 19.3 Å². The first-order chi connectivity index (χ1) is 8.81. The van der Waals surface area contributed by atoms with Gasteiger partial charge in [0, 0.05) is 49.5 Å². The number of rotatable bonds is 4. The summed E-state index contributed by atoms with van der Waals surface area (Å²) in [7, 11) is 0. The third kappa shape index (κ3) is 2.62. The molecule has 3 rings (SSSR count). The van der Waals surface area contributed by atoms with Crippen LogP contribution in [0, 0.1) is 12.8 Å². The molecule has 96 valence electrons. The Labute approximate surface area is 111 Å². The van der Waals surface area contributed by atoms with E-state index < -0.39 is 0 Å². The number of fused-ring (bicyclic) bond motifs is 1. The van der Waals surface area contributed by atoms with Gasteiger partial charge >= 0.3 is 0 Å². The van der Waals surface area contributed by atoms with Crippen LogP contribution in [0.3, 0.4) is 0 Å². The van der Waals surface area contributed by atoms with Crippen molar-refractivity contribution in [3.05, 3.63) is 34.3 Å². The first-order valence-electron chi connectivity index (χ1n) is 6.43. The highest BCUT2D eigenvalue weighted by atomic mass is 32.1. The molecular formula is C13H18N4S. The molecule has 0 spiro atoms. The van der Waals surface area contributed by atoms with Crippen molar-refractivity contribution in [2.45, 2.75) is 32.9 Å². The monoisotopic (exact) mass is 262 g/mol. The van der Waals surface area contributed by atoms with Gasteiger partial charge in [0.2, 0.25) is 0 Å². The van der Waals surface area contributed by atoms with E-state index in [1.807, 2.05) is 13.1 Å². The number of nitrogens with one attached hydrogen (secondary N) is 1. The molecule has 0 saturated heterocycles. The lowest BCUT2D eigenvalue weighted by atomic mass is 9.99. The Morgan fingerprint density at radius 1 is 1.56 bits per heavy atom. The smallest absolute Gasteiger partial charge is 0.108 e. The predicted octanol–water partition coefficient (Wildman–Crippen LogP) is 2.00. The van der Waals surface area contributed by atoms with E-state index in [-0.39, 0.29) is 0 Å². The quantitative estimate of drug-likeness (QED) is 0.916. The molecule has 0 bridgehead atoms. The maximum atomic E-state index is 4.46. The van der Waals surface area contributed by atoms with E-state index >= 15 is 0 Å². The molecule has 3 heterocycles. The lowest BCUT2D eigenvalue weighted by Crippen LogP contribution is -2.29. The van der Waals surface area contributed by atoms with Crippen molar-refractivity contribution in [2.75, 3.05) is 6.54 Å². The van der Waals surface area contributed by atoms with E-state index in [4.69, 9.17) is 0 Å². The zero-order chi connectivity index (χ0) is 12.4. The number of aromatic nitrogens is 3. The molecule has 0 fully saturated rings. The number of aryl methyl sites for hydroxylation is 2. The van der Waals surface area contributed by atoms with Crippen LogP contribution >= 0.6 is 11.3 Å². The molecule has 5 heteroatoms. The molecule has 0 aliphatic carbocycles. The van der Waals surface area contributed by atoms with Gasteiger partial charge in [0.25, 0.3) is 0 Å². The Hall–Kier alpha value is -1.20. The number of thiazole rings is 1. The van der Waals surface area contributed by atoms with Crippen molar-refractivity contribution < 1.29 is 0 Å². The van der Waals surface area contributed by atoms with Gasteiger partial charge in [0.05, 0.1) is 0 Å². The summed E-state index contributed by atoms with van der Waals surface area (Å²) in [5, 5.41) is 6.82. The summed E-state index contributed by atoms with van der Waals surface area (Å²) in [4.78, 5) is 8.82. The van der Waals surface area contributed by atoms with Crippen molar-refractivity contribution >= 4 is 11.3 Å². The second-order valence-electron chi connectivity index (χ2n) is 4.91. The predicted molar refractivity (Wildman–Crippen MR) is 72.6 cm³/mol. The summed E-state index contributed by atoms with van der Waals surface area (Å²) in [6, 6.07) is 0. The minimum atomic E-state index is 0.716. The first kappa shape index (κ1) is 11.9. The van der Waals surface area contributed by atoms with Gasteiger partial charge in [0.1, 0.15) is 10.8 Å². The summed E-state index contributed by atoms with van der Waals surface area (Å²) in [6.07, 6.45) is 6.34. The zero-order valence-corrected chi connectivity index (χ0v) is 11.4. The minimum absolute atomic E-state index is 0.716. The second kappa shape index (κ2) is 5.20. The number of imidazole rings is 1. The van der Waals surface area contributed by atoms with Gasteiger partial charge in [-0.25, -0.2) is 9.97 Å². The van der Waals surface area contributed by atoms with Gasteiger partial charge in [-0.1, -0.05) is 0 Å². The average molecular weight is 262 g/mol. The SMILES string of the molecule is Cc1csc(CNC[C@H]2CCc3nccn3C2)n1. The van der Waals surface area contributed by atoms with Gasteiger partial charge in [-0.15, -0.1) is 11.3 Å². The van der Waals surface area contributed by atoms with E-state index in [0.29, 0.717) is 5.92 Å². The van der Waals surface area contributed by atoms with Gasteiger partial charge < -0.3 is 9.88 Å². The molecule has 1 aliphatic rings. The minimum Gasteiger partial charge on any atom is -0.335 e. The Morgan fingerprint density at radius 2 is 2.50 bits per heavy atom. The molecule has 2 aromatic heterocycles. The van der Waals surface area contributed by atoms with Crippen LogP contribution in [0.1, 0.15) is 22.9 Å². The lowest BCUT2D eigenvalue weighted by Gasteiger charge is -2.23. The molecule has 1 atom stereocenters. The van der Waals surface area contributed by atoms with Crippen molar-refractivity contribution in [1.82, 2.24) is 19.9 Å². The highest BCUT2D eigenvalue weighted by molar-refractivity contribution is 7.09. The Kier molecular flexibility index (Phi) is 3.43. The zero-order valence-electron chi connectivity index (χ0n) is 10.6. The van der Waals surface area contributed by atoms with Crippen molar-refractivity contribution in [3.8, 4) is 0 Å². The summed E-state index contributed by atoms with van der Waals surface area (Å²) in [6.45, 7) is 5.10. The van der Waals surface area contributed by atoms with Crippen LogP contribution in [0.2, 0.25) is 0 Å². The highest BCUT2D eigenvalue weighted by Crippen LogP contribution is 2.18. The van der Waals surface area contributed by atoms with Crippen molar-refractivity contribution in [1.29, 1.82) is 0 Å². The molecule has 0 unspecified atom stereocenters. The van der Waals surface area contributed by atoms with Crippen molar-refractivity contribution in [3.63, 3.8) is 0 Å². The van der Waals surface area contributed by atoms with E-state index in [2.05, 4.69) is 31.4 Å². The molecule has 4 nitrogen and oxygen atoms in total. The van der Waals surface area contributed by atoms with Crippen LogP contribution in [-0.2, 0) is 19.5 Å². The third-order valence-electron chi connectivity index (χ3n) is 3.41. The van der Waals surface area contributed by atoms with E-state index in [9.17, 15) is 0 Å². The standard InChI is InChI=1S/C13H18N4S/c1-10-9-18-13(16-10)7-14-6-11-2-3-12-15-4-5-17(12)8-11/h4-5,9,11,14H,2-3,6-8H2,1H3/t11-/m1/s1. The molecule has 0 saturated carbocycles. The van der Waals surface area contributed by atoms with Crippen LogP contribution in [0.25, 0.3) is 0 Å². The Bertz CT molecular complexity index is 517. The molecule has 0 radical (unpaired) electrons. The van der Waals surface area contributed by atoms with Gasteiger partial charge in [0.15, 0.2) is 0 Å². The number of hydrogen-bond donors (Lipinski definition) is 1. The van der Waals surface area contributed by atoms with E-state index in [0.717, 1.165) is 31.7 Å². The normalized spacial score (nSPS) is 18.8. The summed E-state index contributed by atoms with van der Waals surface area (Å²) >= 11 is 1.74. The van der Waals surface area contributed by atoms with Crippen molar-refractivity contribution in [2.24, 2.45) is 5.92 Å². The third-order valence-corrected chi connectivity index (χ3v) is 4.38. The fourth-order valence-corrected chi connectivity index (χ4v) is 3.21. The topological polar surface area (TPSA) is 42.7 Å². The van der Waals surface area contributed by atoms with Gasteiger partial charge in [-0.2, -0.15) is 0 Å². The lowest BCUT2D eigenvalue weighted by molar-refractivity contribution is 0.347. The van der Waals surface area contributed by atoms with Crippen LogP contribution in [0.15, 0.2) is 17.8 Å². The van der Waals surface area contributed by atoms with Gasteiger partial charge in [-0.3, -0.25) is 0 Å². The first-order valence-corrected chi connectivity index (χ1v) is 7.31. The van der Waals surface area contributed by atoms with Crippen LogP contribution in [-0.4, -0.2) is 21.1 Å². The summed E-state index contributed by atoms with van der Waals surface area (Å²) in [5.41, 5.74) is 1.12. The van der Waals surface area contributed by atoms with E-state index in [1.54, 1.807) is 11.3 Å². The number of hydrogen-bond acceptors (Lipinski definition) is 4. The maximum absolute atomic E-state index is 4.46. The van der Waals surface area contributed by atoms with Crippen LogP contribution in [0.5, 0.6) is 0 Å². The Balaban J connectivity index is 1.47. The molecule has 18 heavy (non-hydrogen) atoms. The molecule has 0 aromatic carbocycles. The van der Waals surface area contributed by atoms with Crippen LogP contribution < -0.4 is 5.32 Å². The molecule has 0 amide bonds. The second-order valence-corrected chi connectivity index (χ2v) is 5.86. The molecule has 1 aliphatic heterocycles. The maximum Gasteiger partial charge on any atom is 0.108 e. The molecule has 1 N–H and O–H groups in total. The molecule has 2 aromatic rings. The summed E-state index contributed by atoms with van der Waals surface area (Å²) in [5.74, 6) is 1.95. The highest BCUT2D eigenvalue weighted by Gasteiger charge is 2.18. The van der Waals surface area contributed by atoms with Crippen LogP contribution in [0.4, 0.5) is 0 Å². The summed E-state index contributed by atoms with van der Waals surface area (Å²) < 4.78 is 2.28. The Morgan fingerprint density at radius 3 is 3.33 bits per heavy atom. The largest absolute Gasteiger partial charge is 0.335 e. The fraction of sp³-hybridized carbons (Fsp3) is 0.538. The molecular weight excluding hydrogens is 244 g/mol. The number of nitrogens with zero attached hydrogens (tertiary/aromatic N) is 3. The average Bonchev–Trinajstić information content (AvgIpc) is 2.97. The fourth-order valence-electron chi connectivity index (χ4n) is 2.47.